The van der Waals surface area contributed by atoms with Crippen LogP contribution in [0, 0.1) is 5.92 Å². The lowest BCUT2D eigenvalue weighted by Gasteiger charge is -2.07. The average molecular weight is 375 g/mol. The fraction of sp³-hybridized carbons (Fsp3) is 0.429. The van der Waals surface area contributed by atoms with Crippen molar-refractivity contribution in [3.63, 3.8) is 0 Å². The summed E-state index contributed by atoms with van der Waals surface area (Å²) in [5.74, 6) is -0.839. The van der Waals surface area contributed by atoms with Crippen molar-refractivity contribution >= 4 is 37.5 Å². The molecule has 1 atom stereocenters. The molecule has 5 nitrogen and oxygen atoms in total. The molecule has 1 heterocycles. The smallest absolute Gasteiger partial charge is 0.306 e. The minimum Gasteiger partial charge on any atom is -0.457 e. The molecule has 0 N–H and O–H groups in total. The minimum atomic E-state index is -3.00. The first-order chi connectivity index (χ1) is 9.85. The number of ether oxygens (including phenoxy) is 1. The molecule has 0 saturated carbocycles. The molecule has 1 aliphatic heterocycles. The number of ketones is 1. The Morgan fingerprint density at radius 3 is 2.48 bits per heavy atom. The minimum absolute atomic E-state index is 0.0305. The number of rotatable bonds is 5. The summed E-state index contributed by atoms with van der Waals surface area (Å²) in [6.45, 7) is -0.320. The zero-order chi connectivity index (χ0) is 15.5. The maximum atomic E-state index is 11.8. The first-order valence-corrected chi connectivity index (χ1v) is 9.12. The number of hydrogen-bond acceptors (Lipinski definition) is 5. The van der Waals surface area contributed by atoms with E-state index in [1.165, 1.54) is 0 Å². The van der Waals surface area contributed by atoms with E-state index >= 15 is 0 Å². The molecule has 0 spiro atoms. The molecule has 1 saturated heterocycles. The van der Waals surface area contributed by atoms with Crippen molar-refractivity contribution in [3.05, 3.63) is 34.3 Å². The van der Waals surface area contributed by atoms with Gasteiger partial charge in [-0.1, -0.05) is 28.1 Å². The normalized spacial score (nSPS) is 20.1. The molecule has 1 aromatic carbocycles. The molecule has 114 valence electrons. The first-order valence-electron chi connectivity index (χ1n) is 6.50. The van der Waals surface area contributed by atoms with Gasteiger partial charge in [-0.15, -0.1) is 0 Å². The van der Waals surface area contributed by atoms with Gasteiger partial charge >= 0.3 is 5.97 Å². The monoisotopic (exact) mass is 374 g/mol. The van der Waals surface area contributed by atoms with E-state index in [1.807, 2.05) is 0 Å². The van der Waals surface area contributed by atoms with E-state index in [0.29, 0.717) is 12.0 Å². The van der Waals surface area contributed by atoms with Crippen LogP contribution in [0.1, 0.15) is 23.2 Å². The highest BCUT2D eigenvalue weighted by Gasteiger charge is 2.29. The van der Waals surface area contributed by atoms with Crippen LogP contribution in [0.4, 0.5) is 0 Å². The Morgan fingerprint density at radius 2 is 1.90 bits per heavy atom. The van der Waals surface area contributed by atoms with E-state index in [1.54, 1.807) is 24.3 Å². The van der Waals surface area contributed by atoms with Gasteiger partial charge in [-0.05, 0) is 24.5 Å². The van der Waals surface area contributed by atoms with E-state index < -0.39 is 15.8 Å². The summed E-state index contributed by atoms with van der Waals surface area (Å²) >= 11 is 3.27. The Kier molecular flexibility index (Phi) is 5.16. The zero-order valence-corrected chi connectivity index (χ0v) is 13.7. The van der Waals surface area contributed by atoms with Crippen LogP contribution in [0.5, 0.6) is 0 Å². The fourth-order valence-electron chi connectivity index (χ4n) is 2.19. The van der Waals surface area contributed by atoms with Crippen LogP contribution >= 0.6 is 15.9 Å². The van der Waals surface area contributed by atoms with Gasteiger partial charge in [0.1, 0.15) is 0 Å². The molecule has 0 radical (unpaired) electrons. The van der Waals surface area contributed by atoms with E-state index in [4.69, 9.17) is 4.74 Å². The summed E-state index contributed by atoms with van der Waals surface area (Å²) < 4.78 is 28.4. The summed E-state index contributed by atoms with van der Waals surface area (Å²) in [6, 6.07) is 6.75. The van der Waals surface area contributed by atoms with Crippen molar-refractivity contribution in [2.75, 3.05) is 18.1 Å². The largest absolute Gasteiger partial charge is 0.457 e. The molecule has 0 aromatic heterocycles. The van der Waals surface area contributed by atoms with Gasteiger partial charge in [0.2, 0.25) is 0 Å². The van der Waals surface area contributed by atoms with Crippen molar-refractivity contribution in [3.8, 4) is 0 Å². The Bertz CT molecular complexity index is 636. The highest BCUT2D eigenvalue weighted by atomic mass is 79.9. The van der Waals surface area contributed by atoms with Crippen molar-refractivity contribution in [2.24, 2.45) is 5.92 Å². The molecule has 1 aromatic rings. The van der Waals surface area contributed by atoms with Gasteiger partial charge in [0, 0.05) is 16.5 Å². The summed E-state index contributed by atoms with van der Waals surface area (Å²) in [5.41, 5.74) is 0.467. The molecule has 7 heteroatoms. The molecule has 0 aliphatic carbocycles. The van der Waals surface area contributed by atoms with Crippen LogP contribution in [0.2, 0.25) is 0 Å². The summed E-state index contributed by atoms with van der Waals surface area (Å²) in [5, 5.41) is 0. The second-order valence-electron chi connectivity index (χ2n) is 5.06. The third-order valence-electron chi connectivity index (χ3n) is 3.31. The van der Waals surface area contributed by atoms with Crippen LogP contribution in [0.3, 0.4) is 0 Å². The Hall–Kier alpha value is -1.21. The molecule has 1 fully saturated rings. The van der Waals surface area contributed by atoms with Gasteiger partial charge in [-0.3, -0.25) is 9.59 Å². The van der Waals surface area contributed by atoms with Crippen LogP contribution in [-0.4, -0.2) is 38.3 Å². The quantitative estimate of drug-likeness (QED) is 0.581. The van der Waals surface area contributed by atoms with Gasteiger partial charge in [0.15, 0.2) is 22.2 Å². The lowest BCUT2D eigenvalue weighted by molar-refractivity contribution is -0.143. The van der Waals surface area contributed by atoms with Crippen molar-refractivity contribution < 1.29 is 22.7 Å². The van der Waals surface area contributed by atoms with Crippen molar-refractivity contribution in [1.29, 1.82) is 0 Å². The maximum absolute atomic E-state index is 11.8. The van der Waals surface area contributed by atoms with Crippen LogP contribution in [0.15, 0.2) is 28.7 Å². The van der Waals surface area contributed by atoms with E-state index in [-0.39, 0.29) is 36.2 Å². The number of Topliss-reactive ketones (excluding diaryl/α,β-unsaturated/α-hetero) is 1. The van der Waals surface area contributed by atoms with Gasteiger partial charge in [0.25, 0.3) is 0 Å². The van der Waals surface area contributed by atoms with Crippen molar-refractivity contribution in [1.82, 2.24) is 0 Å². The van der Waals surface area contributed by atoms with Gasteiger partial charge < -0.3 is 4.74 Å². The second kappa shape index (κ2) is 6.70. The average Bonchev–Trinajstić information content (AvgIpc) is 2.76. The summed E-state index contributed by atoms with van der Waals surface area (Å²) in [7, 11) is -3.00. The van der Waals surface area contributed by atoms with Gasteiger partial charge in [0.05, 0.1) is 11.5 Å². The second-order valence-corrected chi connectivity index (χ2v) is 8.21. The van der Waals surface area contributed by atoms with Crippen LogP contribution in [0.25, 0.3) is 0 Å². The Morgan fingerprint density at radius 1 is 1.24 bits per heavy atom. The number of esters is 1. The molecule has 0 amide bonds. The van der Waals surface area contributed by atoms with Gasteiger partial charge in [-0.25, -0.2) is 8.42 Å². The lowest BCUT2D eigenvalue weighted by Crippen LogP contribution is -2.17. The predicted molar refractivity (Wildman–Crippen MR) is 80.8 cm³/mol. The predicted octanol–water partition coefficient (Wildman–Crippen LogP) is 2.00. The molecule has 1 aliphatic rings. The standard InChI is InChI=1S/C14H15BrO5S/c15-12-3-1-11(2-4-12)13(16)8-20-14(17)7-10-5-6-21(18,19)9-10/h1-4,10H,5-9H2/t10-/m0/s1. The molecule has 0 bridgehead atoms. The molecule has 2 rings (SSSR count). The number of hydrogen-bond donors (Lipinski definition) is 0. The van der Waals surface area contributed by atoms with Crippen LogP contribution < -0.4 is 0 Å². The molecule has 0 unspecified atom stereocenters. The SMILES string of the molecule is O=C(C[C@@H]1CCS(=O)(=O)C1)OCC(=O)c1ccc(Br)cc1. The first kappa shape index (κ1) is 16.2. The van der Waals surface area contributed by atoms with E-state index in [9.17, 15) is 18.0 Å². The third kappa shape index (κ3) is 4.93. The van der Waals surface area contributed by atoms with E-state index in [2.05, 4.69) is 15.9 Å². The number of halogens is 1. The lowest BCUT2D eigenvalue weighted by atomic mass is 10.1. The van der Waals surface area contributed by atoms with Crippen LogP contribution in [-0.2, 0) is 19.4 Å². The number of carbonyl (C=O) groups excluding carboxylic acids is 2. The summed E-state index contributed by atoms with van der Waals surface area (Å²) in [4.78, 5) is 23.4. The number of benzene rings is 1. The maximum Gasteiger partial charge on any atom is 0.306 e. The van der Waals surface area contributed by atoms with Gasteiger partial charge in [-0.2, -0.15) is 0 Å². The molecule has 21 heavy (non-hydrogen) atoms. The third-order valence-corrected chi connectivity index (χ3v) is 5.68. The van der Waals surface area contributed by atoms with E-state index in [0.717, 1.165) is 4.47 Å². The Labute approximate surface area is 131 Å². The highest BCUT2D eigenvalue weighted by Crippen LogP contribution is 2.22. The fourth-order valence-corrected chi connectivity index (χ4v) is 4.32. The molecular weight excluding hydrogens is 360 g/mol. The highest BCUT2D eigenvalue weighted by molar-refractivity contribution is 9.10. The summed E-state index contributed by atoms with van der Waals surface area (Å²) in [6.07, 6.45) is 0.533. The Balaban J connectivity index is 1.79. The number of carbonyl (C=O) groups is 2. The molecular formula is C14H15BrO5S. The van der Waals surface area contributed by atoms with Crippen molar-refractivity contribution in [2.45, 2.75) is 12.8 Å². The topological polar surface area (TPSA) is 77.5 Å². The number of sulfone groups is 1. The zero-order valence-electron chi connectivity index (χ0n) is 11.2.